The first-order chi connectivity index (χ1) is 22.8. The molecule has 1 aromatic heterocycles. The molecule has 0 saturated carbocycles. The Morgan fingerprint density at radius 2 is 1.65 bits per heavy atom. The van der Waals surface area contributed by atoms with E-state index in [1.165, 1.54) is 12.0 Å². The van der Waals surface area contributed by atoms with Gasteiger partial charge in [0.1, 0.15) is 17.2 Å². The van der Waals surface area contributed by atoms with Crippen LogP contribution in [0, 0.1) is 6.92 Å². The number of benzene rings is 3. The first-order valence-electron chi connectivity index (χ1n) is 15.9. The topological polar surface area (TPSA) is 135 Å². The smallest absolute Gasteiger partial charge is 0.416 e. The molecule has 0 saturated heterocycles. The van der Waals surface area contributed by atoms with E-state index >= 15 is 0 Å². The van der Waals surface area contributed by atoms with E-state index < -0.39 is 23.6 Å². The summed E-state index contributed by atoms with van der Waals surface area (Å²) in [5, 5.41) is 14.6. The fourth-order valence-corrected chi connectivity index (χ4v) is 5.38. The third-order valence-electron chi connectivity index (χ3n) is 7.77. The molecule has 0 aliphatic rings. The number of phenols is 1. The number of nitrogens with one attached hydrogen (secondary N) is 1. The van der Waals surface area contributed by atoms with E-state index in [-0.39, 0.29) is 49.8 Å². The lowest BCUT2D eigenvalue weighted by atomic mass is 9.89. The van der Waals surface area contributed by atoms with Gasteiger partial charge < -0.3 is 19.9 Å². The molecule has 0 radical (unpaired) electrons. The predicted molar refractivity (Wildman–Crippen MR) is 185 cm³/mol. The maximum Gasteiger partial charge on any atom is 0.416 e. The average molecular weight is 654 g/mol. The number of nitrogens with zero attached hydrogens (tertiary/aromatic N) is 2. The largest absolute Gasteiger partial charge is 0.507 e. The minimum absolute atomic E-state index is 0.00513. The fourth-order valence-electron chi connectivity index (χ4n) is 5.38. The van der Waals surface area contributed by atoms with Gasteiger partial charge in [-0.25, -0.2) is 9.78 Å². The second kappa shape index (κ2) is 16.0. The Morgan fingerprint density at radius 1 is 0.938 bits per heavy atom. The number of esters is 1. The van der Waals surface area contributed by atoms with Crippen molar-refractivity contribution in [3.63, 3.8) is 0 Å². The summed E-state index contributed by atoms with van der Waals surface area (Å²) in [6.07, 6.45) is 1.49. The van der Waals surface area contributed by atoms with E-state index in [4.69, 9.17) is 9.47 Å². The number of aromatic nitrogens is 1. The molecule has 1 atom stereocenters. The number of hydrogen-bond donors (Lipinski definition) is 2. The van der Waals surface area contributed by atoms with E-state index in [1.54, 1.807) is 39.1 Å². The molecule has 0 aliphatic carbocycles. The number of carbonyl (C=O) groups excluding carboxylic acids is 4. The molecule has 0 bridgehead atoms. The summed E-state index contributed by atoms with van der Waals surface area (Å²) >= 11 is 0. The van der Waals surface area contributed by atoms with E-state index in [0.29, 0.717) is 12.2 Å². The van der Waals surface area contributed by atoms with E-state index in [0.717, 1.165) is 33.0 Å². The Balaban J connectivity index is 1.36. The second-order valence-corrected chi connectivity index (χ2v) is 12.7. The summed E-state index contributed by atoms with van der Waals surface area (Å²) in [7, 11) is 1.30. The predicted octanol–water partition coefficient (Wildman–Crippen LogP) is 6.86. The number of rotatable bonds is 13. The summed E-state index contributed by atoms with van der Waals surface area (Å²) in [6.45, 7) is 7.24. The maximum absolute atomic E-state index is 13.0. The molecular weight excluding hydrogens is 610 g/mol. The Morgan fingerprint density at radius 3 is 2.31 bits per heavy atom. The van der Waals surface area contributed by atoms with Gasteiger partial charge >= 0.3 is 12.1 Å². The summed E-state index contributed by atoms with van der Waals surface area (Å²) in [4.78, 5) is 56.6. The van der Waals surface area contributed by atoms with Crippen LogP contribution in [-0.4, -0.2) is 59.6 Å². The minimum Gasteiger partial charge on any atom is -0.507 e. The van der Waals surface area contributed by atoms with Crippen molar-refractivity contribution in [3.8, 4) is 16.9 Å². The van der Waals surface area contributed by atoms with Gasteiger partial charge in [-0.1, -0.05) is 54.6 Å². The molecule has 0 spiro atoms. The molecule has 252 valence electrons. The van der Waals surface area contributed by atoms with Crippen LogP contribution in [0.5, 0.6) is 5.75 Å². The van der Waals surface area contributed by atoms with Gasteiger partial charge in [-0.05, 0) is 80.0 Å². The van der Waals surface area contributed by atoms with Crippen LogP contribution >= 0.6 is 0 Å². The molecular formula is C38H43N3O7. The molecule has 2 N–H and O–H groups in total. The van der Waals surface area contributed by atoms with Crippen LogP contribution in [0.15, 0.2) is 79.0 Å². The molecule has 48 heavy (non-hydrogen) atoms. The molecule has 10 heteroatoms. The number of fused-ring (bicyclic) bond motifs is 1. The number of ether oxygens (including phenoxy) is 2. The zero-order valence-electron chi connectivity index (χ0n) is 28.1. The number of aryl methyl sites for hydroxylation is 1. The van der Waals surface area contributed by atoms with Gasteiger partial charge in [0, 0.05) is 36.9 Å². The molecule has 0 aliphatic heterocycles. The van der Waals surface area contributed by atoms with E-state index in [2.05, 4.69) is 10.3 Å². The highest BCUT2D eigenvalue weighted by Gasteiger charge is 2.25. The van der Waals surface area contributed by atoms with Crippen LogP contribution in [0.4, 0.5) is 10.6 Å². The highest BCUT2D eigenvalue weighted by atomic mass is 16.6. The van der Waals surface area contributed by atoms with Crippen molar-refractivity contribution in [1.29, 1.82) is 0 Å². The number of pyridine rings is 1. The van der Waals surface area contributed by atoms with E-state index in [1.807, 2.05) is 67.6 Å². The normalized spacial score (nSPS) is 11.9. The molecule has 0 fully saturated rings. The molecule has 4 aromatic rings. The third kappa shape index (κ3) is 9.87. The lowest BCUT2D eigenvalue weighted by Gasteiger charge is -2.27. The minimum atomic E-state index is -0.702. The lowest BCUT2D eigenvalue weighted by molar-refractivity contribution is -0.141. The number of phenolic OH excluding ortho intramolecular Hbond substituents is 1. The van der Waals surface area contributed by atoms with Crippen molar-refractivity contribution in [2.75, 3.05) is 25.1 Å². The van der Waals surface area contributed by atoms with Crippen LogP contribution < -0.4 is 10.2 Å². The maximum atomic E-state index is 13.0. The quantitative estimate of drug-likeness (QED) is 0.150. The van der Waals surface area contributed by atoms with Gasteiger partial charge in [0.25, 0.3) is 0 Å². The highest BCUT2D eigenvalue weighted by molar-refractivity contribution is 6.00. The number of aromatic hydroxyl groups is 1. The van der Waals surface area contributed by atoms with Crippen molar-refractivity contribution in [3.05, 3.63) is 90.1 Å². The zero-order chi connectivity index (χ0) is 34.8. The second-order valence-electron chi connectivity index (χ2n) is 12.7. The Labute approximate surface area is 281 Å². The number of carbonyl (C=O) groups is 4. The number of amides is 2. The Kier molecular flexibility index (Phi) is 11.9. The van der Waals surface area contributed by atoms with Crippen LogP contribution in [-0.2, 0) is 23.9 Å². The van der Waals surface area contributed by atoms with Gasteiger partial charge in [0.05, 0.1) is 20.1 Å². The molecule has 1 heterocycles. The Bertz CT molecular complexity index is 1760. The van der Waals surface area contributed by atoms with E-state index in [9.17, 15) is 24.3 Å². The highest BCUT2D eigenvalue weighted by Crippen LogP contribution is 2.35. The molecule has 10 nitrogen and oxygen atoms in total. The van der Waals surface area contributed by atoms with Crippen LogP contribution in [0.25, 0.3) is 21.9 Å². The Hall–Kier alpha value is -5.25. The van der Waals surface area contributed by atoms with Crippen molar-refractivity contribution in [1.82, 2.24) is 10.3 Å². The summed E-state index contributed by atoms with van der Waals surface area (Å²) in [5.74, 6) is -0.817. The van der Waals surface area contributed by atoms with Gasteiger partial charge in [0.15, 0.2) is 5.78 Å². The first-order valence-corrected chi connectivity index (χ1v) is 15.9. The number of methoxy groups -OCH3 is 1. The lowest BCUT2D eigenvalue weighted by Crippen LogP contribution is -2.38. The number of Topliss-reactive ketones (excluding diaryl/α,β-unsaturated/α-hetero) is 1. The fraction of sp³-hybridized carbons (Fsp3) is 0.342. The van der Waals surface area contributed by atoms with Crippen molar-refractivity contribution >= 4 is 40.3 Å². The van der Waals surface area contributed by atoms with Crippen molar-refractivity contribution < 1.29 is 33.8 Å². The van der Waals surface area contributed by atoms with Crippen LogP contribution in [0.3, 0.4) is 0 Å². The molecule has 0 unspecified atom stereocenters. The van der Waals surface area contributed by atoms with Crippen LogP contribution in [0.1, 0.15) is 63.5 Å². The standard InChI is InChI=1S/C38H43N3O7/c1-25-18-19-39-34(21-25)41(37(46)48-38(2,3)4)20-8-11-35(44)40-24-29(42)22-28(23-36(45)47-5)26-12-14-27(15-13-26)30-16-17-33(43)32-10-7-6-9-31(30)32/h6-7,9-10,12-19,21,28,43H,8,11,20,22-24H2,1-5H3,(H,40,44)/t28-/m0/s1. The molecule has 3 aromatic carbocycles. The zero-order valence-corrected chi connectivity index (χ0v) is 28.1. The summed E-state index contributed by atoms with van der Waals surface area (Å²) in [6, 6.07) is 22.3. The average Bonchev–Trinajstić information content (AvgIpc) is 3.05. The molecule has 2 amide bonds. The van der Waals surface area contributed by atoms with Gasteiger partial charge in [-0.15, -0.1) is 0 Å². The first kappa shape index (κ1) is 35.6. The number of hydrogen-bond acceptors (Lipinski definition) is 8. The monoisotopic (exact) mass is 653 g/mol. The van der Waals surface area contributed by atoms with Gasteiger partial charge in [0.2, 0.25) is 5.91 Å². The van der Waals surface area contributed by atoms with Crippen molar-refractivity contribution in [2.24, 2.45) is 0 Å². The summed E-state index contributed by atoms with van der Waals surface area (Å²) < 4.78 is 10.4. The van der Waals surface area contributed by atoms with Gasteiger partial charge in [-0.3, -0.25) is 19.3 Å². The van der Waals surface area contributed by atoms with Crippen molar-refractivity contribution in [2.45, 2.75) is 64.9 Å². The van der Waals surface area contributed by atoms with Crippen LogP contribution in [0.2, 0.25) is 0 Å². The van der Waals surface area contributed by atoms with Gasteiger partial charge in [-0.2, -0.15) is 0 Å². The number of anilines is 1. The third-order valence-corrected chi connectivity index (χ3v) is 7.77. The number of ketones is 1. The molecule has 4 rings (SSSR count). The summed E-state index contributed by atoms with van der Waals surface area (Å²) in [5.41, 5.74) is 2.89. The SMILES string of the molecule is COC(=O)C[C@H](CC(=O)CNC(=O)CCCN(C(=O)OC(C)(C)C)c1cc(C)ccn1)c1ccc(-c2ccc(O)c3ccccc23)cc1.